The van der Waals surface area contributed by atoms with Crippen molar-refractivity contribution in [3.05, 3.63) is 58.5 Å². The van der Waals surface area contributed by atoms with Crippen molar-refractivity contribution < 1.29 is 18.0 Å². The van der Waals surface area contributed by atoms with Crippen molar-refractivity contribution in [1.82, 2.24) is 0 Å². The molecule has 26 heavy (non-hydrogen) atoms. The molecule has 1 fully saturated rings. The number of carbonyl (C=O) groups excluding carboxylic acids is 1. The zero-order valence-corrected chi connectivity index (χ0v) is 15.4. The van der Waals surface area contributed by atoms with Gasteiger partial charge in [0.25, 0.3) is 0 Å². The molecule has 0 N–H and O–H groups in total. The van der Waals surface area contributed by atoms with Crippen LogP contribution in [0.5, 0.6) is 0 Å². The van der Waals surface area contributed by atoms with E-state index < -0.39 is 15.8 Å². The summed E-state index contributed by atoms with van der Waals surface area (Å²) in [5.41, 5.74) is 1.77. The summed E-state index contributed by atoms with van der Waals surface area (Å²) in [6.07, 6.45) is 1.77. The van der Waals surface area contributed by atoms with Crippen LogP contribution in [0.1, 0.15) is 10.4 Å². The van der Waals surface area contributed by atoms with Crippen molar-refractivity contribution in [2.45, 2.75) is 0 Å². The SMILES string of the molecule is O=C1ON=C(c2ccccc2)/C1=C\c1ccc(N2CCS(=O)(=O)CC2)s1. The Morgan fingerprint density at radius 2 is 1.81 bits per heavy atom. The highest BCUT2D eigenvalue weighted by molar-refractivity contribution is 7.91. The molecule has 1 saturated heterocycles. The molecule has 4 rings (SSSR count). The summed E-state index contributed by atoms with van der Waals surface area (Å²) in [5.74, 6) is -0.112. The maximum absolute atomic E-state index is 12.1. The predicted molar refractivity (Wildman–Crippen MR) is 102 cm³/mol. The monoisotopic (exact) mass is 388 g/mol. The van der Waals surface area contributed by atoms with Gasteiger partial charge in [0, 0.05) is 23.5 Å². The molecule has 0 unspecified atom stereocenters. The molecular weight excluding hydrogens is 372 g/mol. The van der Waals surface area contributed by atoms with Gasteiger partial charge in [-0.1, -0.05) is 35.5 Å². The van der Waals surface area contributed by atoms with Gasteiger partial charge in [-0.2, -0.15) is 0 Å². The van der Waals surface area contributed by atoms with Crippen LogP contribution in [-0.2, 0) is 19.5 Å². The number of oxime groups is 1. The molecule has 1 aromatic heterocycles. The maximum atomic E-state index is 12.1. The van der Waals surface area contributed by atoms with Gasteiger partial charge in [-0.25, -0.2) is 13.2 Å². The summed E-state index contributed by atoms with van der Waals surface area (Å²) in [7, 11) is -2.91. The Balaban J connectivity index is 1.58. The van der Waals surface area contributed by atoms with Gasteiger partial charge in [-0.3, -0.25) is 0 Å². The molecule has 2 aliphatic heterocycles. The fourth-order valence-electron chi connectivity index (χ4n) is 2.88. The van der Waals surface area contributed by atoms with Gasteiger partial charge in [-0.15, -0.1) is 11.3 Å². The Kier molecular flexibility index (Phi) is 4.37. The highest BCUT2D eigenvalue weighted by atomic mass is 32.2. The first-order valence-electron chi connectivity index (χ1n) is 8.14. The first kappa shape index (κ1) is 17.0. The Morgan fingerprint density at radius 3 is 2.54 bits per heavy atom. The van der Waals surface area contributed by atoms with Crippen molar-refractivity contribution in [2.75, 3.05) is 29.5 Å². The molecule has 2 aromatic rings. The van der Waals surface area contributed by atoms with Crippen LogP contribution in [0.15, 0.2) is 53.2 Å². The number of anilines is 1. The lowest BCUT2D eigenvalue weighted by Crippen LogP contribution is -2.39. The topological polar surface area (TPSA) is 76.0 Å². The summed E-state index contributed by atoms with van der Waals surface area (Å²) in [4.78, 5) is 19.9. The zero-order chi connectivity index (χ0) is 18.1. The normalized spacial score (nSPS) is 20.9. The van der Waals surface area contributed by atoms with E-state index in [1.54, 1.807) is 6.08 Å². The van der Waals surface area contributed by atoms with Crippen LogP contribution in [0.25, 0.3) is 6.08 Å². The molecule has 3 heterocycles. The summed E-state index contributed by atoms with van der Waals surface area (Å²) in [5, 5.41) is 4.90. The lowest BCUT2D eigenvalue weighted by atomic mass is 10.0. The van der Waals surface area contributed by atoms with E-state index >= 15 is 0 Å². The van der Waals surface area contributed by atoms with E-state index in [2.05, 4.69) is 10.1 Å². The van der Waals surface area contributed by atoms with Crippen molar-refractivity contribution >= 4 is 43.9 Å². The minimum atomic E-state index is -2.91. The third-order valence-corrected chi connectivity index (χ3v) is 7.00. The van der Waals surface area contributed by atoms with Crippen LogP contribution in [-0.4, -0.2) is 44.7 Å². The minimum Gasteiger partial charge on any atom is -0.361 e. The van der Waals surface area contributed by atoms with Crippen LogP contribution >= 0.6 is 11.3 Å². The third kappa shape index (κ3) is 3.42. The molecule has 0 saturated carbocycles. The lowest BCUT2D eigenvalue weighted by Gasteiger charge is -2.27. The van der Waals surface area contributed by atoms with Gasteiger partial charge in [0.05, 0.1) is 22.1 Å². The quantitative estimate of drug-likeness (QED) is 0.596. The van der Waals surface area contributed by atoms with Crippen molar-refractivity contribution in [2.24, 2.45) is 5.16 Å². The van der Waals surface area contributed by atoms with Crippen molar-refractivity contribution in [3.8, 4) is 0 Å². The second-order valence-electron chi connectivity index (χ2n) is 6.06. The molecule has 8 heteroatoms. The predicted octanol–water partition coefficient (Wildman–Crippen LogP) is 2.33. The molecule has 0 aliphatic carbocycles. The van der Waals surface area contributed by atoms with Crippen LogP contribution in [0, 0.1) is 0 Å². The number of thiophene rings is 1. The molecule has 0 atom stereocenters. The molecule has 0 amide bonds. The van der Waals surface area contributed by atoms with Gasteiger partial charge in [-0.05, 0) is 18.2 Å². The van der Waals surface area contributed by atoms with Crippen LogP contribution in [0.2, 0.25) is 0 Å². The van der Waals surface area contributed by atoms with Crippen LogP contribution in [0.3, 0.4) is 0 Å². The van der Waals surface area contributed by atoms with E-state index in [1.165, 1.54) is 11.3 Å². The van der Waals surface area contributed by atoms with Crippen molar-refractivity contribution in [1.29, 1.82) is 0 Å². The minimum absolute atomic E-state index is 0.179. The van der Waals surface area contributed by atoms with E-state index in [1.807, 2.05) is 42.5 Å². The largest absolute Gasteiger partial charge is 0.368 e. The number of rotatable bonds is 3. The molecule has 2 aliphatic rings. The van der Waals surface area contributed by atoms with Crippen LogP contribution in [0.4, 0.5) is 5.00 Å². The number of sulfone groups is 1. The number of carbonyl (C=O) groups is 1. The van der Waals surface area contributed by atoms with E-state index in [0.717, 1.165) is 15.4 Å². The Morgan fingerprint density at radius 1 is 1.08 bits per heavy atom. The van der Waals surface area contributed by atoms with Gasteiger partial charge in [0.1, 0.15) is 5.71 Å². The Bertz CT molecular complexity index is 993. The van der Waals surface area contributed by atoms with E-state index in [4.69, 9.17) is 4.84 Å². The molecule has 6 nitrogen and oxygen atoms in total. The second kappa shape index (κ2) is 6.69. The average Bonchev–Trinajstić information content (AvgIpc) is 3.24. The fraction of sp³-hybridized carbons (Fsp3) is 0.222. The number of nitrogens with zero attached hydrogens (tertiary/aromatic N) is 2. The molecule has 1 aromatic carbocycles. The third-order valence-electron chi connectivity index (χ3n) is 4.30. The summed E-state index contributed by atoms with van der Waals surface area (Å²) in [6.45, 7) is 0.995. The molecule has 134 valence electrons. The smallest absolute Gasteiger partial charge is 0.361 e. The Labute approximate surface area is 155 Å². The van der Waals surface area contributed by atoms with Gasteiger partial charge < -0.3 is 9.74 Å². The zero-order valence-electron chi connectivity index (χ0n) is 13.8. The standard InChI is InChI=1S/C18H16N2O4S2/c21-18-15(17(19-24-18)13-4-2-1-3-5-13)12-14-6-7-16(25-14)20-8-10-26(22,23)11-9-20/h1-7,12H,8-11H2/b15-12+. The molecule has 0 spiro atoms. The Hall–Kier alpha value is -2.45. The molecular formula is C18H16N2O4S2. The van der Waals surface area contributed by atoms with Crippen molar-refractivity contribution in [3.63, 3.8) is 0 Å². The van der Waals surface area contributed by atoms with E-state index in [-0.39, 0.29) is 11.5 Å². The first-order chi connectivity index (χ1) is 12.5. The maximum Gasteiger partial charge on any atom is 0.368 e. The number of benzene rings is 1. The van der Waals surface area contributed by atoms with Gasteiger partial charge in [0.2, 0.25) is 0 Å². The average molecular weight is 388 g/mol. The lowest BCUT2D eigenvalue weighted by molar-refractivity contribution is -0.136. The summed E-state index contributed by atoms with van der Waals surface area (Å²) >= 11 is 1.52. The van der Waals surface area contributed by atoms with E-state index in [9.17, 15) is 13.2 Å². The second-order valence-corrected chi connectivity index (χ2v) is 9.45. The number of hydrogen-bond acceptors (Lipinski definition) is 7. The molecule has 0 bridgehead atoms. The first-order valence-corrected chi connectivity index (χ1v) is 10.8. The highest BCUT2D eigenvalue weighted by Crippen LogP contribution is 2.30. The summed E-state index contributed by atoms with van der Waals surface area (Å²) in [6, 6.07) is 13.3. The van der Waals surface area contributed by atoms with Crippen LogP contribution < -0.4 is 4.90 Å². The molecule has 0 radical (unpaired) electrons. The number of hydrogen-bond donors (Lipinski definition) is 0. The summed E-state index contributed by atoms with van der Waals surface area (Å²) < 4.78 is 23.1. The van der Waals surface area contributed by atoms with E-state index in [0.29, 0.717) is 24.4 Å². The van der Waals surface area contributed by atoms with Gasteiger partial charge >= 0.3 is 5.97 Å². The fourth-order valence-corrected chi connectivity index (χ4v) is 5.08. The van der Waals surface area contributed by atoms with Gasteiger partial charge in [0.15, 0.2) is 9.84 Å². The highest BCUT2D eigenvalue weighted by Gasteiger charge is 2.27.